The Morgan fingerprint density at radius 3 is 2.67 bits per heavy atom. The molecule has 1 saturated carbocycles. The monoisotopic (exact) mass is 411 g/mol. The molecule has 160 valence electrons. The molecular formula is C25H30FNO3. The lowest BCUT2D eigenvalue weighted by Gasteiger charge is -2.35. The lowest BCUT2D eigenvalue weighted by atomic mass is 9.78. The highest BCUT2D eigenvalue weighted by Gasteiger charge is 2.35. The van der Waals surface area contributed by atoms with E-state index in [9.17, 15) is 14.3 Å². The molecule has 4 rings (SSSR count). The molecule has 30 heavy (non-hydrogen) atoms. The highest BCUT2D eigenvalue weighted by molar-refractivity contribution is 5.99. The van der Waals surface area contributed by atoms with E-state index in [0.29, 0.717) is 30.5 Å². The Labute approximate surface area is 177 Å². The Bertz CT molecular complexity index is 921. The molecule has 0 spiro atoms. The number of aromatic hydroxyl groups is 1. The van der Waals surface area contributed by atoms with E-state index in [4.69, 9.17) is 4.74 Å². The number of nitrogens with zero attached hydrogens (tertiary/aromatic N) is 1. The summed E-state index contributed by atoms with van der Waals surface area (Å²) in [5.74, 6) is 0.344. The number of hydrogen-bond acceptors (Lipinski definition) is 3. The standard InChI is InChI=1S/C25H30FNO3/c1-3-22(30-20-6-4-5-16(2)13-20)18-9-7-17(8-10-18)14-27-15-19-11-12-21(28)24(26)23(19)25(27)29/h4-6,11-13,17-18,22,28H,3,7-10,14-15H2,1-2H3. The first-order chi connectivity index (χ1) is 14.5. The van der Waals surface area contributed by atoms with Crippen LogP contribution in [0.4, 0.5) is 4.39 Å². The van der Waals surface area contributed by atoms with Crippen molar-refractivity contribution in [1.82, 2.24) is 4.90 Å². The van der Waals surface area contributed by atoms with Gasteiger partial charge >= 0.3 is 0 Å². The molecule has 4 nitrogen and oxygen atoms in total. The van der Waals surface area contributed by atoms with Gasteiger partial charge in [-0.2, -0.15) is 0 Å². The van der Waals surface area contributed by atoms with Gasteiger partial charge in [-0.15, -0.1) is 0 Å². The van der Waals surface area contributed by atoms with E-state index in [1.807, 2.05) is 12.1 Å². The van der Waals surface area contributed by atoms with Crippen molar-refractivity contribution >= 4 is 5.91 Å². The Hall–Kier alpha value is -2.56. The maximum Gasteiger partial charge on any atom is 0.257 e. The van der Waals surface area contributed by atoms with Gasteiger partial charge in [-0.25, -0.2) is 4.39 Å². The van der Waals surface area contributed by atoms with E-state index in [-0.39, 0.29) is 17.6 Å². The predicted octanol–water partition coefficient (Wildman–Crippen LogP) is 5.46. The average molecular weight is 412 g/mol. The van der Waals surface area contributed by atoms with Crippen molar-refractivity contribution in [2.24, 2.45) is 11.8 Å². The summed E-state index contributed by atoms with van der Waals surface area (Å²) in [5, 5.41) is 9.58. The third kappa shape index (κ3) is 4.16. The summed E-state index contributed by atoms with van der Waals surface area (Å²) >= 11 is 0. The van der Waals surface area contributed by atoms with Gasteiger partial charge in [0.05, 0.1) is 5.56 Å². The lowest BCUT2D eigenvalue weighted by Crippen LogP contribution is -2.35. The molecule has 2 aromatic rings. The van der Waals surface area contributed by atoms with Crippen molar-refractivity contribution in [2.75, 3.05) is 6.54 Å². The van der Waals surface area contributed by atoms with Crippen molar-refractivity contribution in [2.45, 2.75) is 58.6 Å². The van der Waals surface area contributed by atoms with Gasteiger partial charge in [-0.1, -0.05) is 25.1 Å². The largest absolute Gasteiger partial charge is 0.505 e. The normalized spacial score (nSPS) is 22.1. The van der Waals surface area contributed by atoms with Crippen LogP contribution in [-0.4, -0.2) is 28.6 Å². The van der Waals surface area contributed by atoms with E-state index in [1.165, 1.54) is 11.6 Å². The molecule has 1 aliphatic heterocycles. The van der Waals surface area contributed by atoms with Crippen LogP contribution in [0.1, 0.15) is 60.5 Å². The minimum atomic E-state index is -0.789. The lowest BCUT2D eigenvalue weighted by molar-refractivity contribution is 0.0653. The molecule has 1 heterocycles. The molecule has 1 aliphatic carbocycles. The zero-order valence-electron chi connectivity index (χ0n) is 17.7. The van der Waals surface area contributed by atoms with Crippen molar-refractivity contribution in [3.8, 4) is 11.5 Å². The van der Waals surface area contributed by atoms with Crippen LogP contribution in [0.3, 0.4) is 0 Å². The summed E-state index contributed by atoms with van der Waals surface area (Å²) in [4.78, 5) is 14.4. The summed E-state index contributed by atoms with van der Waals surface area (Å²) < 4.78 is 20.5. The quantitative estimate of drug-likeness (QED) is 0.687. The maximum absolute atomic E-state index is 14.2. The smallest absolute Gasteiger partial charge is 0.257 e. The van der Waals surface area contributed by atoms with E-state index in [2.05, 4.69) is 26.0 Å². The van der Waals surface area contributed by atoms with Crippen LogP contribution in [0.5, 0.6) is 11.5 Å². The maximum atomic E-state index is 14.2. The van der Waals surface area contributed by atoms with E-state index >= 15 is 0 Å². The summed E-state index contributed by atoms with van der Waals surface area (Å²) in [6, 6.07) is 11.2. The molecule has 0 saturated heterocycles. The molecular weight excluding hydrogens is 381 g/mol. The van der Waals surface area contributed by atoms with Gasteiger partial charge in [0.1, 0.15) is 11.9 Å². The predicted molar refractivity (Wildman–Crippen MR) is 114 cm³/mol. The minimum absolute atomic E-state index is 0.0429. The Kier molecular flexibility index (Phi) is 5.98. The summed E-state index contributed by atoms with van der Waals surface area (Å²) in [6.07, 6.45) is 5.45. The number of benzene rings is 2. The molecule has 1 atom stereocenters. The number of fused-ring (bicyclic) bond motifs is 1. The summed E-state index contributed by atoms with van der Waals surface area (Å²) in [5.41, 5.74) is 1.91. The molecule has 2 aliphatic rings. The average Bonchev–Trinajstić information content (AvgIpc) is 3.05. The highest BCUT2D eigenvalue weighted by atomic mass is 19.1. The number of phenols is 1. The topological polar surface area (TPSA) is 49.8 Å². The van der Waals surface area contributed by atoms with E-state index in [1.54, 1.807) is 11.0 Å². The van der Waals surface area contributed by atoms with Crippen LogP contribution in [-0.2, 0) is 6.54 Å². The first-order valence-corrected chi connectivity index (χ1v) is 11.0. The van der Waals surface area contributed by atoms with Crippen molar-refractivity contribution < 1.29 is 19.0 Å². The molecule has 0 bridgehead atoms. The van der Waals surface area contributed by atoms with Gasteiger partial charge < -0.3 is 14.7 Å². The van der Waals surface area contributed by atoms with E-state index < -0.39 is 11.6 Å². The number of halogens is 1. The number of ether oxygens (including phenoxy) is 1. The van der Waals surface area contributed by atoms with Crippen LogP contribution < -0.4 is 4.74 Å². The van der Waals surface area contributed by atoms with Gasteiger partial charge in [0.25, 0.3) is 5.91 Å². The number of phenolic OH excluding ortho intramolecular Hbond substituents is 1. The van der Waals surface area contributed by atoms with Crippen molar-refractivity contribution in [1.29, 1.82) is 0 Å². The SMILES string of the molecule is CCC(Oc1cccc(C)c1)C1CCC(CN2Cc3ccc(O)c(F)c3C2=O)CC1. The minimum Gasteiger partial charge on any atom is -0.505 e. The second-order valence-corrected chi connectivity index (χ2v) is 8.78. The van der Waals surface area contributed by atoms with Gasteiger partial charge in [0.2, 0.25) is 0 Å². The first-order valence-electron chi connectivity index (χ1n) is 11.0. The summed E-state index contributed by atoms with van der Waals surface area (Å²) in [7, 11) is 0. The summed E-state index contributed by atoms with van der Waals surface area (Å²) in [6.45, 7) is 5.33. The Balaban J connectivity index is 1.32. The number of carbonyl (C=O) groups is 1. The van der Waals surface area contributed by atoms with Crippen molar-refractivity contribution in [3.63, 3.8) is 0 Å². The van der Waals surface area contributed by atoms with E-state index in [0.717, 1.165) is 37.9 Å². The second kappa shape index (κ2) is 8.66. The molecule has 1 N–H and O–H groups in total. The third-order valence-corrected chi connectivity index (χ3v) is 6.65. The van der Waals surface area contributed by atoms with Crippen molar-refractivity contribution in [3.05, 3.63) is 58.9 Å². The Morgan fingerprint density at radius 2 is 1.97 bits per heavy atom. The number of aryl methyl sites for hydroxylation is 1. The fraction of sp³-hybridized carbons (Fsp3) is 0.480. The molecule has 5 heteroatoms. The molecule has 1 unspecified atom stereocenters. The highest BCUT2D eigenvalue weighted by Crippen LogP contribution is 2.36. The first kappa shape index (κ1) is 20.7. The van der Waals surface area contributed by atoms with Crippen LogP contribution in [0.15, 0.2) is 36.4 Å². The number of hydrogen-bond donors (Lipinski definition) is 1. The number of rotatable bonds is 6. The van der Waals surface area contributed by atoms with Gasteiger partial charge in [0.15, 0.2) is 11.6 Å². The number of carbonyl (C=O) groups excluding carboxylic acids is 1. The van der Waals surface area contributed by atoms with Gasteiger partial charge in [-0.3, -0.25) is 4.79 Å². The van der Waals surface area contributed by atoms with Crippen LogP contribution in [0.2, 0.25) is 0 Å². The van der Waals surface area contributed by atoms with Gasteiger partial charge in [-0.05, 0) is 80.2 Å². The fourth-order valence-electron chi connectivity index (χ4n) is 4.98. The second-order valence-electron chi connectivity index (χ2n) is 8.78. The zero-order chi connectivity index (χ0) is 21.3. The van der Waals surface area contributed by atoms with Crippen LogP contribution >= 0.6 is 0 Å². The molecule has 0 radical (unpaired) electrons. The third-order valence-electron chi connectivity index (χ3n) is 6.65. The van der Waals surface area contributed by atoms with Gasteiger partial charge in [0, 0.05) is 13.1 Å². The number of amides is 1. The van der Waals surface area contributed by atoms with Crippen LogP contribution in [0.25, 0.3) is 0 Å². The fourth-order valence-corrected chi connectivity index (χ4v) is 4.98. The molecule has 0 aromatic heterocycles. The zero-order valence-corrected chi connectivity index (χ0v) is 17.7. The molecule has 1 amide bonds. The molecule has 1 fully saturated rings. The molecule has 2 aromatic carbocycles. The Morgan fingerprint density at radius 1 is 1.20 bits per heavy atom. The van der Waals surface area contributed by atoms with Crippen LogP contribution in [0, 0.1) is 24.6 Å².